The number of carbonyl (C=O) groups is 1. The molecule has 0 unspecified atom stereocenters. The normalized spacial score (nSPS) is 10.2. The van der Waals surface area contributed by atoms with Crippen molar-refractivity contribution in [2.24, 2.45) is 0 Å². The third kappa shape index (κ3) is 1.46. The van der Waals surface area contributed by atoms with E-state index in [0.29, 0.717) is 0 Å². The minimum atomic E-state index is -1.22. The number of hydrogen-bond acceptors (Lipinski definition) is 5. The molecule has 0 aliphatic heterocycles. The maximum atomic E-state index is 10.8. The van der Waals surface area contributed by atoms with E-state index < -0.39 is 11.7 Å². The SMILES string of the molecule is O=C(O)c1cnoc1-c1cccc(O)c1O. The topological polar surface area (TPSA) is 104 Å². The largest absolute Gasteiger partial charge is 0.504 e. The van der Waals surface area contributed by atoms with Crippen LogP contribution in [0.25, 0.3) is 11.3 Å². The van der Waals surface area contributed by atoms with E-state index in [1.807, 2.05) is 0 Å². The highest BCUT2D eigenvalue weighted by Gasteiger charge is 2.20. The smallest absolute Gasteiger partial charge is 0.341 e. The van der Waals surface area contributed by atoms with Crippen LogP contribution in [0.1, 0.15) is 10.4 Å². The molecular formula is C10H7NO5. The van der Waals surface area contributed by atoms with Crippen LogP contribution in [0.2, 0.25) is 0 Å². The average Bonchev–Trinajstić information content (AvgIpc) is 2.70. The summed E-state index contributed by atoms with van der Waals surface area (Å²) in [6.07, 6.45) is 1.03. The highest BCUT2D eigenvalue weighted by Crippen LogP contribution is 2.37. The lowest BCUT2D eigenvalue weighted by Crippen LogP contribution is -1.95. The lowest BCUT2D eigenvalue weighted by atomic mass is 10.1. The lowest BCUT2D eigenvalue weighted by molar-refractivity contribution is 0.0697. The molecule has 0 bridgehead atoms. The maximum absolute atomic E-state index is 10.8. The molecule has 0 aliphatic rings. The number of phenolic OH excluding ortho intramolecular Hbond substituents is 2. The Bertz CT molecular complexity index is 546. The van der Waals surface area contributed by atoms with Crippen LogP contribution in [0.15, 0.2) is 28.9 Å². The van der Waals surface area contributed by atoms with Gasteiger partial charge in [0, 0.05) is 0 Å². The van der Waals surface area contributed by atoms with Crippen molar-refractivity contribution in [3.63, 3.8) is 0 Å². The van der Waals surface area contributed by atoms with Crippen molar-refractivity contribution in [2.75, 3.05) is 0 Å². The van der Waals surface area contributed by atoms with Gasteiger partial charge in [0.15, 0.2) is 17.3 Å². The number of para-hydroxylation sites is 1. The summed E-state index contributed by atoms with van der Waals surface area (Å²) < 4.78 is 4.75. The fourth-order valence-electron chi connectivity index (χ4n) is 1.30. The first-order valence-corrected chi connectivity index (χ1v) is 4.30. The molecule has 0 atom stereocenters. The molecule has 6 nitrogen and oxygen atoms in total. The quantitative estimate of drug-likeness (QED) is 0.663. The van der Waals surface area contributed by atoms with Gasteiger partial charge in [-0.25, -0.2) is 4.79 Å². The lowest BCUT2D eigenvalue weighted by Gasteiger charge is -2.02. The number of aromatic carboxylic acids is 1. The molecule has 6 heteroatoms. The predicted molar refractivity (Wildman–Crippen MR) is 52.2 cm³/mol. The van der Waals surface area contributed by atoms with Crippen molar-refractivity contribution in [1.29, 1.82) is 0 Å². The van der Waals surface area contributed by atoms with Crippen LogP contribution in [-0.4, -0.2) is 26.4 Å². The van der Waals surface area contributed by atoms with Crippen molar-refractivity contribution < 1.29 is 24.6 Å². The highest BCUT2D eigenvalue weighted by atomic mass is 16.5. The van der Waals surface area contributed by atoms with E-state index in [-0.39, 0.29) is 22.6 Å². The Labute approximate surface area is 89.4 Å². The van der Waals surface area contributed by atoms with Crippen molar-refractivity contribution in [2.45, 2.75) is 0 Å². The van der Waals surface area contributed by atoms with Gasteiger partial charge in [-0.2, -0.15) is 0 Å². The van der Waals surface area contributed by atoms with E-state index in [2.05, 4.69) is 5.16 Å². The number of aromatic hydroxyl groups is 2. The number of aromatic nitrogens is 1. The summed E-state index contributed by atoms with van der Waals surface area (Å²) in [6, 6.07) is 4.15. The van der Waals surface area contributed by atoms with Gasteiger partial charge >= 0.3 is 5.97 Å². The molecule has 0 saturated heterocycles. The van der Waals surface area contributed by atoms with Gasteiger partial charge in [-0.1, -0.05) is 11.2 Å². The first kappa shape index (κ1) is 10.0. The maximum Gasteiger partial charge on any atom is 0.341 e. The standard InChI is InChI=1S/C10H7NO5/c12-7-3-1-2-5(8(7)13)9-6(10(14)15)4-11-16-9/h1-4,12-13H,(H,14,15). The first-order valence-electron chi connectivity index (χ1n) is 4.30. The van der Waals surface area contributed by atoms with E-state index in [0.717, 1.165) is 6.20 Å². The van der Waals surface area contributed by atoms with E-state index in [4.69, 9.17) is 9.63 Å². The van der Waals surface area contributed by atoms with Crippen molar-refractivity contribution >= 4 is 5.97 Å². The second-order valence-electron chi connectivity index (χ2n) is 3.05. The first-order chi connectivity index (χ1) is 7.61. The van der Waals surface area contributed by atoms with Crippen LogP contribution in [-0.2, 0) is 0 Å². The minimum Gasteiger partial charge on any atom is -0.504 e. The number of carboxylic acids is 1. The monoisotopic (exact) mass is 221 g/mol. The second kappa shape index (κ2) is 3.58. The fraction of sp³-hybridized carbons (Fsp3) is 0. The molecule has 0 aliphatic carbocycles. The molecule has 3 N–H and O–H groups in total. The molecule has 0 amide bonds. The molecular weight excluding hydrogens is 214 g/mol. The third-order valence-corrected chi connectivity index (χ3v) is 2.06. The Balaban J connectivity index is 2.63. The van der Waals surface area contributed by atoms with Gasteiger partial charge in [0.2, 0.25) is 0 Å². The summed E-state index contributed by atoms with van der Waals surface area (Å²) in [5.41, 5.74) is -0.101. The zero-order valence-corrected chi connectivity index (χ0v) is 7.91. The van der Waals surface area contributed by atoms with E-state index in [9.17, 15) is 15.0 Å². The van der Waals surface area contributed by atoms with Gasteiger partial charge in [-0.3, -0.25) is 0 Å². The molecule has 0 spiro atoms. The molecule has 2 aromatic rings. The van der Waals surface area contributed by atoms with Gasteiger partial charge in [0.25, 0.3) is 0 Å². The molecule has 82 valence electrons. The Morgan fingerprint density at radius 2 is 2.06 bits per heavy atom. The Morgan fingerprint density at radius 3 is 2.75 bits per heavy atom. The van der Waals surface area contributed by atoms with E-state index >= 15 is 0 Å². The predicted octanol–water partition coefficient (Wildman–Crippen LogP) is 1.45. The Kier molecular flexibility index (Phi) is 2.24. The Morgan fingerprint density at radius 1 is 1.31 bits per heavy atom. The molecule has 2 rings (SSSR count). The highest BCUT2D eigenvalue weighted by molar-refractivity contribution is 5.94. The molecule has 1 aromatic carbocycles. The number of carboxylic acid groups (broad SMARTS) is 1. The number of phenols is 2. The molecule has 0 radical (unpaired) electrons. The third-order valence-electron chi connectivity index (χ3n) is 2.06. The van der Waals surface area contributed by atoms with Crippen LogP contribution in [0, 0.1) is 0 Å². The average molecular weight is 221 g/mol. The molecule has 0 saturated carbocycles. The zero-order valence-electron chi connectivity index (χ0n) is 7.91. The van der Waals surface area contributed by atoms with Gasteiger partial charge in [0.1, 0.15) is 5.56 Å². The van der Waals surface area contributed by atoms with Crippen LogP contribution >= 0.6 is 0 Å². The zero-order chi connectivity index (χ0) is 11.7. The molecule has 16 heavy (non-hydrogen) atoms. The number of rotatable bonds is 2. The summed E-state index contributed by atoms with van der Waals surface area (Å²) in [7, 11) is 0. The molecule has 0 fully saturated rings. The van der Waals surface area contributed by atoms with Crippen molar-refractivity contribution in [3.8, 4) is 22.8 Å². The van der Waals surface area contributed by atoms with Crippen LogP contribution in [0.4, 0.5) is 0 Å². The summed E-state index contributed by atoms with van der Waals surface area (Å²) in [5.74, 6) is -2.12. The fourth-order valence-corrected chi connectivity index (χ4v) is 1.30. The Hall–Kier alpha value is -2.50. The van der Waals surface area contributed by atoms with Gasteiger partial charge in [-0.15, -0.1) is 0 Å². The van der Waals surface area contributed by atoms with Crippen molar-refractivity contribution in [1.82, 2.24) is 5.16 Å². The second-order valence-corrected chi connectivity index (χ2v) is 3.05. The van der Waals surface area contributed by atoms with Crippen LogP contribution in [0.5, 0.6) is 11.5 Å². The van der Waals surface area contributed by atoms with Gasteiger partial charge in [-0.05, 0) is 12.1 Å². The number of nitrogens with zero attached hydrogens (tertiary/aromatic N) is 1. The number of hydrogen-bond donors (Lipinski definition) is 3. The van der Waals surface area contributed by atoms with Crippen LogP contribution < -0.4 is 0 Å². The number of benzene rings is 1. The summed E-state index contributed by atoms with van der Waals surface area (Å²) in [6.45, 7) is 0. The van der Waals surface area contributed by atoms with E-state index in [1.54, 1.807) is 0 Å². The molecule has 1 aromatic heterocycles. The van der Waals surface area contributed by atoms with Gasteiger partial charge < -0.3 is 19.8 Å². The summed E-state index contributed by atoms with van der Waals surface area (Å²) >= 11 is 0. The van der Waals surface area contributed by atoms with Crippen molar-refractivity contribution in [3.05, 3.63) is 30.0 Å². The van der Waals surface area contributed by atoms with E-state index in [1.165, 1.54) is 18.2 Å². The summed E-state index contributed by atoms with van der Waals surface area (Å²) in [4.78, 5) is 10.8. The van der Waals surface area contributed by atoms with Gasteiger partial charge in [0.05, 0.1) is 11.8 Å². The minimum absolute atomic E-state index is 0.0786. The molecule has 1 heterocycles. The van der Waals surface area contributed by atoms with Crippen LogP contribution in [0.3, 0.4) is 0 Å². The summed E-state index contributed by atoms with van der Waals surface area (Å²) in [5, 5.41) is 31.0.